The van der Waals surface area contributed by atoms with Gasteiger partial charge >= 0.3 is 0 Å². The van der Waals surface area contributed by atoms with Gasteiger partial charge < -0.3 is 5.32 Å². The Hall–Kier alpha value is -1.16. The number of rotatable bonds is 4. The summed E-state index contributed by atoms with van der Waals surface area (Å²) in [5.74, 6) is -2.46. The summed E-state index contributed by atoms with van der Waals surface area (Å²) in [5, 5.41) is 3.10. The minimum atomic E-state index is -2.46. The van der Waals surface area contributed by atoms with Crippen molar-refractivity contribution in [2.75, 3.05) is 32.0 Å². The van der Waals surface area contributed by atoms with Crippen LogP contribution in [0.4, 0.5) is 14.5 Å². The van der Waals surface area contributed by atoms with Crippen LogP contribution in [0.5, 0.6) is 0 Å². The van der Waals surface area contributed by atoms with E-state index >= 15 is 0 Å². The quantitative estimate of drug-likeness (QED) is 0.847. The van der Waals surface area contributed by atoms with Crippen molar-refractivity contribution >= 4 is 5.69 Å². The lowest BCUT2D eigenvalue weighted by atomic mass is 10.1. The van der Waals surface area contributed by atoms with E-state index in [1.54, 1.807) is 4.90 Å². The third-order valence-corrected chi connectivity index (χ3v) is 2.89. The number of hydrogen-bond donors (Lipinski definition) is 1. The summed E-state index contributed by atoms with van der Waals surface area (Å²) in [6.07, 6.45) is 0.813. The Kier molecular flexibility index (Phi) is 3.10. The molecule has 0 bridgehead atoms. The molecule has 1 heterocycles. The molecule has 88 valence electrons. The summed E-state index contributed by atoms with van der Waals surface area (Å²) in [4.78, 5) is 1.78. The van der Waals surface area contributed by atoms with Crippen LogP contribution in [0.1, 0.15) is 5.56 Å². The number of hydrogen-bond acceptors (Lipinski definition) is 2. The van der Waals surface area contributed by atoms with E-state index in [-0.39, 0.29) is 13.1 Å². The topological polar surface area (TPSA) is 15.3 Å². The lowest BCUT2D eigenvalue weighted by Crippen LogP contribution is -2.56. The van der Waals surface area contributed by atoms with Crippen molar-refractivity contribution < 1.29 is 8.78 Å². The number of para-hydroxylation sites is 1. The first-order valence-corrected chi connectivity index (χ1v) is 5.46. The highest BCUT2D eigenvalue weighted by molar-refractivity contribution is 5.50. The molecule has 1 saturated heterocycles. The second kappa shape index (κ2) is 4.37. The Labute approximate surface area is 94.3 Å². The highest BCUT2D eigenvalue weighted by Gasteiger charge is 2.43. The molecule has 0 unspecified atom stereocenters. The van der Waals surface area contributed by atoms with Crippen LogP contribution in [0.15, 0.2) is 24.3 Å². The number of likely N-dealkylation sites (tertiary alicyclic amines) is 1. The van der Waals surface area contributed by atoms with E-state index in [4.69, 9.17) is 0 Å². The van der Waals surface area contributed by atoms with Gasteiger partial charge in [0.1, 0.15) is 0 Å². The molecule has 0 aromatic heterocycles. The third-order valence-electron chi connectivity index (χ3n) is 2.89. The van der Waals surface area contributed by atoms with Crippen LogP contribution in [0.25, 0.3) is 0 Å². The Morgan fingerprint density at radius 3 is 2.62 bits per heavy atom. The van der Waals surface area contributed by atoms with E-state index in [1.807, 2.05) is 31.3 Å². The molecule has 1 aliphatic rings. The molecule has 1 aromatic rings. The molecule has 2 nitrogen and oxygen atoms in total. The van der Waals surface area contributed by atoms with Crippen molar-refractivity contribution in [3.05, 3.63) is 29.8 Å². The molecule has 2 rings (SSSR count). The number of nitrogens with one attached hydrogen (secondary N) is 1. The van der Waals surface area contributed by atoms with Crippen molar-refractivity contribution in [3.8, 4) is 0 Å². The highest BCUT2D eigenvalue weighted by atomic mass is 19.3. The summed E-state index contributed by atoms with van der Waals surface area (Å²) in [5.41, 5.74) is 2.26. The minimum Gasteiger partial charge on any atom is -0.388 e. The lowest BCUT2D eigenvalue weighted by Gasteiger charge is -2.38. The van der Waals surface area contributed by atoms with Crippen LogP contribution < -0.4 is 5.32 Å². The maximum absolute atomic E-state index is 12.6. The van der Waals surface area contributed by atoms with E-state index in [0.717, 1.165) is 12.1 Å². The van der Waals surface area contributed by atoms with E-state index in [1.165, 1.54) is 5.56 Å². The van der Waals surface area contributed by atoms with E-state index in [9.17, 15) is 8.78 Å². The predicted octanol–water partition coefficient (Wildman–Crippen LogP) is 2.22. The minimum absolute atomic E-state index is 0.0886. The number of alkyl halides is 2. The van der Waals surface area contributed by atoms with E-state index in [2.05, 4.69) is 5.32 Å². The van der Waals surface area contributed by atoms with Gasteiger partial charge in [0.2, 0.25) is 0 Å². The van der Waals surface area contributed by atoms with Crippen LogP contribution in [-0.2, 0) is 6.42 Å². The van der Waals surface area contributed by atoms with Crippen molar-refractivity contribution in [2.45, 2.75) is 12.3 Å². The predicted molar refractivity (Wildman–Crippen MR) is 61.1 cm³/mol. The standard InChI is InChI=1S/C12H16F2N2/c1-15-11-5-3-2-4-10(11)6-7-16-8-12(13,14)9-16/h2-5,15H,6-9H2,1H3. The molecule has 0 amide bonds. The first-order chi connectivity index (χ1) is 7.61. The molecule has 0 atom stereocenters. The number of benzene rings is 1. The number of anilines is 1. The monoisotopic (exact) mass is 226 g/mol. The van der Waals surface area contributed by atoms with Crippen molar-refractivity contribution in [2.24, 2.45) is 0 Å². The molecule has 4 heteroatoms. The van der Waals surface area contributed by atoms with Gasteiger partial charge in [0.05, 0.1) is 13.1 Å². The van der Waals surface area contributed by atoms with Gasteiger partial charge in [-0.2, -0.15) is 0 Å². The van der Waals surface area contributed by atoms with Gasteiger partial charge in [-0.05, 0) is 18.1 Å². The second-order valence-corrected chi connectivity index (χ2v) is 4.22. The third kappa shape index (κ3) is 2.50. The molecule has 1 aromatic carbocycles. The molecule has 1 aliphatic heterocycles. The zero-order valence-corrected chi connectivity index (χ0v) is 9.34. The molecular weight excluding hydrogens is 210 g/mol. The Morgan fingerprint density at radius 2 is 2.00 bits per heavy atom. The Morgan fingerprint density at radius 1 is 1.31 bits per heavy atom. The number of halogens is 2. The first kappa shape index (κ1) is 11.3. The van der Waals surface area contributed by atoms with Gasteiger partial charge in [-0.25, -0.2) is 8.78 Å². The molecule has 16 heavy (non-hydrogen) atoms. The average molecular weight is 226 g/mol. The van der Waals surface area contributed by atoms with Gasteiger partial charge in [0.25, 0.3) is 5.92 Å². The number of nitrogens with zero attached hydrogens (tertiary/aromatic N) is 1. The van der Waals surface area contributed by atoms with Crippen LogP contribution in [0, 0.1) is 0 Å². The smallest absolute Gasteiger partial charge is 0.272 e. The summed E-state index contributed by atoms with van der Waals surface area (Å²) in [6, 6.07) is 7.97. The van der Waals surface area contributed by atoms with Gasteiger partial charge in [-0.3, -0.25) is 4.90 Å². The average Bonchev–Trinajstić information content (AvgIpc) is 2.23. The van der Waals surface area contributed by atoms with E-state index in [0.29, 0.717) is 6.54 Å². The summed E-state index contributed by atoms with van der Waals surface area (Å²) in [6.45, 7) is 0.526. The Bertz CT molecular complexity index is 358. The fraction of sp³-hybridized carbons (Fsp3) is 0.500. The van der Waals surface area contributed by atoms with Crippen molar-refractivity contribution in [3.63, 3.8) is 0 Å². The zero-order chi connectivity index (χ0) is 11.6. The molecule has 1 fully saturated rings. The van der Waals surface area contributed by atoms with Gasteiger partial charge in [0.15, 0.2) is 0 Å². The molecule has 0 radical (unpaired) electrons. The molecule has 0 spiro atoms. The van der Waals surface area contributed by atoms with Crippen LogP contribution in [-0.4, -0.2) is 37.5 Å². The van der Waals surface area contributed by atoms with Gasteiger partial charge in [-0.15, -0.1) is 0 Å². The van der Waals surface area contributed by atoms with Gasteiger partial charge in [-0.1, -0.05) is 18.2 Å². The maximum atomic E-state index is 12.6. The molecular formula is C12H16F2N2. The molecule has 1 N–H and O–H groups in total. The second-order valence-electron chi connectivity index (χ2n) is 4.22. The van der Waals surface area contributed by atoms with E-state index < -0.39 is 5.92 Å². The van der Waals surface area contributed by atoms with Crippen LogP contribution in [0.2, 0.25) is 0 Å². The SMILES string of the molecule is CNc1ccccc1CCN1CC(F)(F)C1. The van der Waals surface area contributed by atoms with Crippen LogP contribution >= 0.6 is 0 Å². The summed E-state index contributed by atoms with van der Waals surface area (Å²) in [7, 11) is 1.87. The summed E-state index contributed by atoms with van der Waals surface area (Å²) >= 11 is 0. The molecule has 0 saturated carbocycles. The maximum Gasteiger partial charge on any atom is 0.272 e. The Balaban J connectivity index is 1.86. The lowest BCUT2D eigenvalue weighted by molar-refractivity contribution is -0.129. The highest BCUT2D eigenvalue weighted by Crippen LogP contribution is 2.27. The normalized spacial score (nSPS) is 19.2. The largest absolute Gasteiger partial charge is 0.388 e. The zero-order valence-electron chi connectivity index (χ0n) is 9.34. The van der Waals surface area contributed by atoms with Crippen molar-refractivity contribution in [1.82, 2.24) is 4.90 Å². The summed E-state index contributed by atoms with van der Waals surface area (Å²) < 4.78 is 25.2. The fourth-order valence-corrected chi connectivity index (χ4v) is 2.03. The molecule has 0 aliphatic carbocycles. The van der Waals surface area contributed by atoms with Crippen molar-refractivity contribution in [1.29, 1.82) is 0 Å². The van der Waals surface area contributed by atoms with Crippen LogP contribution in [0.3, 0.4) is 0 Å². The fourth-order valence-electron chi connectivity index (χ4n) is 2.03. The van der Waals surface area contributed by atoms with Gasteiger partial charge in [0, 0.05) is 19.3 Å². The first-order valence-electron chi connectivity index (χ1n) is 5.46.